The monoisotopic (exact) mass is 270 g/mol. The molecule has 0 saturated heterocycles. The second-order valence-corrected chi connectivity index (χ2v) is 5.71. The van der Waals surface area contributed by atoms with E-state index in [-0.39, 0.29) is 12.4 Å². The molecular weight excluding hydrogens is 250 g/mol. The molecule has 0 heterocycles. The van der Waals surface area contributed by atoms with Gasteiger partial charge in [0.05, 0.1) is 7.11 Å². The Morgan fingerprint density at radius 3 is 2.63 bits per heavy atom. The van der Waals surface area contributed by atoms with Crippen LogP contribution in [0.1, 0.15) is 38.2 Å². The van der Waals surface area contributed by atoms with Crippen molar-refractivity contribution >= 4 is 0 Å². The van der Waals surface area contributed by atoms with Crippen molar-refractivity contribution in [2.24, 2.45) is 0 Å². The second kappa shape index (κ2) is 5.08. The Morgan fingerprint density at radius 1 is 1.42 bits per heavy atom. The molecule has 1 aromatic carbocycles. The Hall–Kier alpha value is -1.16. The van der Waals surface area contributed by atoms with E-state index in [0.717, 1.165) is 0 Å². The topological polar surface area (TPSA) is 29.5 Å². The Kier molecular flexibility index (Phi) is 3.81. The first-order valence-electron chi connectivity index (χ1n) is 6.56. The zero-order valence-electron chi connectivity index (χ0n) is 11.4. The third-order valence-corrected chi connectivity index (χ3v) is 3.97. The van der Waals surface area contributed by atoms with E-state index < -0.39 is 11.1 Å². The van der Waals surface area contributed by atoms with Crippen LogP contribution >= 0.6 is 0 Å². The molecule has 1 aromatic rings. The zero-order valence-corrected chi connectivity index (χ0v) is 11.4. The summed E-state index contributed by atoms with van der Waals surface area (Å²) in [6.45, 7) is 1.80. The molecule has 1 unspecified atom stereocenters. The molecule has 2 rings (SSSR count). The second-order valence-electron chi connectivity index (χ2n) is 5.71. The van der Waals surface area contributed by atoms with Crippen LogP contribution in [0.3, 0.4) is 0 Å². The summed E-state index contributed by atoms with van der Waals surface area (Å²) < 4.78 is 32.9. The van der Waals surface area contributed by atoms with Crippen LogP contribution in [0.15, 0.2) is 18.2 Å². The van der Waals surface area contributed by atoms with E-state index in [2.05, 4.69) is 0 Å². The number of benzene rings is 1. The van der Waals surface area contributed by atoms with Gasteiger partial charge in [0, 0.05) is 17.6 Å². The maximum absolute atomic E-state index is 14.1. The largest absolute Gasteiger partial charge is 0.496 e. The van der Waals surface area contributed by atoms with Gasteiger partial charge >= 0.3 is 0 Å². The van der Waals surface area contributed by atoms with Crippen molar-refractivity contribution in [2.75, 3.05) is 13.7 Å². The van der Waals surface area contributed by atoms with Crippen LogP contribution in [0.25, 0.3) is 0 Å². The highest BCUT2D eigenvalue weighted by atomic mass is 19.1. The maximum Gasteiger partial charge on any atom is 0.123 e. The predicted molar refractivity (Wildman–Crippen MR) is 69.7 cm³/mol. The van der Waals surface area contributed by atoms with Crippen LogP contribution in [-0.4, -0.2) is 24.5 Å². The molecule has 0 aliphatic heterocycles. The first-order valence-corrected chi connectivity index (χ1v) is 6.56. The van der Waals surface area contributed by atoms with Crippen molar-refractivity contribution in [2.45, 2.75) is 43.7 Å². The van der Waals surface area contributed by atoms with E-state index in [1.165, 1.54) is 19.2 Å². The molecule has 1 aliphatic carbocycles. The average molecular weight is 270 g/mol. The molecule has 2 nitrogen and oxygen atoms in total. The van der Waals surface area contributed by atoms with Crippen molar-refractivity contribution in [1.82, 2.24) is 0 Å². The Labute approximate surface area is 112 Å². The first-order chi connectivity index (χ1) is 8.92. The van der Waals surface area contributed by atoms with Crippen LogP contribution < -0.4 is 4.74 Å². The standard InChI is InChI=1S/C15H20F2O2/c1-14(7-8-18,10-15(17)5-6-15)12-9-11(16)3-4-13(12)19-2/h3-4,9,18H,5-8,10H2,1-2H3. The van der Waals surface area contributed by atoms with E-state index in [1.807, 2.05) is 6.92 Å². The lowest BCUT2D eigenvalue weighted by atomic mass is 9.74. The SMILES string of the molecule is COc1ccc(F)cc1C(C)(CCO)CC1(F)CC1. The molecule has 4 heteroatoms. The van der Waals surface area contributed by atoms with Crippen molar-refractivity contribution in [1.29, 1.82) is 0 Å². The summed E-state index contributed by atoms with van der Waals surface area (Å²) in [5.41, 5.74) is -1.15. The van der Waals surface area contributed by atoms with Gasteiger partial charge in [-0.3, -0.25) is 0 Å². The van der Waals surface area contributed by atoms with E-state index in [0.29, 0.717) is 37.0 Å². The van der Waals surface area contributed by atoms with Crippen LogP contribution in [0.4, 0.5) is 8.78 Å². The molecular formula is C15H20F2O2. The summed E-state index contributed by atoms with van der Waals surface area (Å²) in [4.78, 5) is 0. The lowest BCUT2D eigenvalue weighted by Gasteiger charge is -2.32. The maximum atomic E-state index is 14.1. The fourth-order valence-corrected chi connectivity index (χ4v) is 2.73. The fourth-order valence-electron chi connectivity index (χ4n) is 2.73. The highest BCUT2D eigenvalue weighted by Gasteiger charge is 2.49. The van der Waals surface area contributed by atoms with Gasteiger partial charge in [-0.15, -0.1) is 0 Å². The van der Waals surface area contributed by atoms with E-state index in [1.54, 1.807) is 6.07 Å². The van der Waals surface area contributed by atoms with Gasteiger partial charge in [-0.05, 0) is 43.9 Å². The molecule has 106 valence electrons. The van der Waals surface area contributed by atoms with Gasteiger partial charge in [0.1, 0.15) is 17.2 Å². The average Bonchev–Trinajstić information content (AvgIpc) is 3.06. The number of methoxy groups -OCH3 is 1. The molecule has 19 heavy (non-hydrogen) atoms. The van der Waals surface area contributed by atoms with Gasteiger partial charge in [0.2, 0.25) is 0 Å². The predicted octanol–water partition coefficient (Wildman–Crippen LogP) is 3.37. The number of rotatable bonds is 6. The third-order valence-electron chi connectivity index (χ3n) is 3.97. The lowest BCUT2D eigenvalue weighted by molar-refractivity contribution is 0.182. The Morgan fingerprint density at radius 2 is 2.11 bits per heavy atom. The molecule has 1 N–H and O–H groups in total. The Bertz CT molecular complexity index is 457. The van der Waals surface area contributed by atoms with Crippen molar-refractivity contribution in [3.63, 3.8) is 0 Å². The van der Waals surface area contributed by atoms with Gasteiger partial charge in [-0.1, -0.05) is 6.92 Å². The number of halogens is 2. The lowest BCUT2D eigenvalue weighted by Crippen LogP contribution is -2.29. The summed E-state index contributed by atoms with van der Waals surface area (Å²) >= 11 is 0. The molecule has 1 saturated carbocycles. The summed E-state index contributed by atoms with van der Waals surface area (Å²) in [7, 11) is 1.51. The van der Waals surface area contributed by atoms with E-state index in [9.17, 15) is 13.9 Å². The number of aliphatic hydroxyl groups excluding tert-OH is 1. The molecule has 0 bridgehead atoms. The highest BCUT2D eigenvalue weighted by molar-refractivity contribution is 5.40. The van der Waals surface area contributed by atoms with Gasteiger partial charge in [0.25, 0.3) is 0 Å². The van der Waals surface area contributed by atoms with Crippen LogP contribution in [0.5, 0.6) is 5.75 Å². The van der Waals surface area contributed by atoms with Crippen molar-refractivity contribution < 1.29 is 18.6 Å². The number of ether oxygens (including phenoxy) is 1. The number of hydrogen-bond acceptors (Lipinski definition) is 2. The van der Waals surface area contributed by atoms with Gasteiger partial charge in [0.15, 0.2) is 0 Å². The summed E-state index contributed by atoms with van der Waals surface area (Å²) in [6.07, 6.45) is 1.77. The highest BCUT2D eigenvalue weighted by Crippen LogP contribution is 2.51. The van der Waals surface area contributed by atoms with Crippen molar-refractivity contribution in [3.05, 3.63) is 29.6 Å². The van der Waals surface area contributed by atoms with Crippen LogP contribution in [0.2, 0.25) is 0 Å². The normalized spacial score (nSPS) is 19.8. The van der Waals surface area contributed by atoms with E-state index >= 15 is 0 Å². The number of alkyl halides is 1. The van der Waals surface area contributed by atoms with Crippen LogP contribution in [-0.2, 0) is 5.41 Å². The zero-order chi connectivity index (χ0) is 14.1. The van der Waals surface area contributed by atoms with Gasteiger partial charge in [-0.25, -0.2) is 8.78 Å². The van der Waals surface area contributed by atoms with Crippen LogP contribution in [0, 0.1) is 5.82 Å². The van der Waals surface area contributed by atoms with E-state index in [4.69, 9.17) is 4.74 Å². The van der Waals surface area contributed by atoms with Crippen molar-refractivity contribution in [3.8, 4) is 5.75 Å². The quantitative estimate of drug-likeness (QED) is 0.858. The molecule has 0 radical (unpaired) electrons. The molecule has 1 fully saturated rings. The summed E-state index contributed by atoms with van der Waals surface area (Å²) in [5.74, 6) is 0.172. The number of aliphatic hydroxyl groups is 1. The molecule has 0 aromatic heterocycles. The fraction of sp³-hybridized carbons (Fsp3) is 0.600. The molecule has 1 atom stereocenters. The number of hydrogen-bond donors (Lipinski definition) is 1. The Balaban J connectivity index is 2.39. The molecule has 0 amide bonds. The molecule has 1 aliphatic rings. The summed E-state index contributed by atoms with van der Waals surface area (Å²) in [5, 5.41) is 9.26. The first kappa shape index (κ1) is 14.3. The van der Waals surface area contributed by atoms with Gasteiger partial charge < -0.3 is 9.84 Å². The van der Waals surface area contributed by atoms with Gasteiger partial charge in [-0.2, -0.15) is 0 Å². The molecule has 0 spiro atoms. The smallest absolute Gasteiger partial charge is 0.123 e. The minimum Gasteiger partial charge on any atom is -0.496 e. The minimum absolute atomic E-state index is 0.0632. The summed E-state index contributed by atoms with van der Waals surface area (Å²) in [6, 6.07) is 4.27. The third kappa shape index (κ3) is 3.06. The minimum atomic E-state index is -1.17.